The molecule has 0 bridgehead atoms. The number of hydrogen-bond acceptors (Lipinski definition) is 7. The van der Waals surface area contributed by atoms with E-state index in [0.717, 1.165) is 16.4 Å². The first-order valence-corrected chi connectivity index (χ1v) is 11.9. The molecule has 0 saturated heterocycles. The largest absolute Gasteiger partial charge is 0.462 e. The normalized spacial score (nSPS) is 11.9. The van der Waals surface area contributed by atoms with Crippen LogP contribution >= 0.6 is 11.8 Å². The van der Waals surface area contributed by atoms with E-state index in [1.807, 2.05) is 41.8 Å². The lowest BCUT2D eigenvalue weighted by Crippen LogP contribution is -2.25. The van der Waals surface area contributed by atoms with Crippen molar-refractivity contribution in [3.05, 3.63) is 66.7 Å². The first kappa shape index (κ1) is 23.4. The molecule has 1 N–H and O–H groups in total. The Kier molecular flexibility index (Phi) is 7.22. The van der Waals surface area contributed by atoms with Gasteiger partial charge in [0.25, 0.3) is 0 Å². The lowest BCUT2D eigenvalue weighted by Gasteiger charge is -2.14. The first-order chi connectivity index (χ1) is 16.5. The Morgan fingerprint density at radius 1 is 1.15 bits per heavy atom. The average molecular weight is 476 g/mol. The zero-order valence-electron chi connectivity index (χ0n) is 19.0. The Morgan fingerprint density at radius 2 is 1.91 bits per heavy atom. The number of fused-ring (bicyclic) bond motifs is 3. The molecule has 0 aliphatic heterocycles. The summed E-state index contributed by atoms with van der Waals surface area (Å²) in [5, 5.41) is 12.6. The Morgan fingerprint density at radius 3 is 2.62 bits per heavy atom. The molecule has 2 aromatic carbocycles. The van der Waals surface area contributed by atoms with E-state index in [1.165, 1.54) is 11.8 Å². The number of amides is 1. The van der Waals surface area contributed by atoms with Gasteiger partial charge in [0.05, 0.1) is 22.9 Å². The number of benzene rings is 2. The zero-order valence-corrected chi connectivity index (χ0v) is 19.8. The van der Waals surface area contributed by atoms with Gasteiger partial charge in [0.1, 0.15) is 5.52 Å². The third-order valence-corrected chi connectivity index (χ3v) is 6.46. The Labute approximate surface area is 201 Å². The fourth-order valence-corrected chi connectivity index (χ4v) is 4.44. The molecule has 2 heterocycles. The van der Waals surface area contributed by atoms with E-state index in [9.17, 15) is 9.59 Å². The van der Waals surface area contributed by atoms with Gasteiger partial charge in [-0.05, 0) is 43.7 Å². The van der Waals surface area contributed by atoms with E-state index in [4.69, 9.17) is 9.72 Å². The predicted octanol–water partition coefficient (Wildman–Crippen LogP) is 4.85. The molecule has 0 radical (unpaired) electrons. The molecule has 0 unspecified atom stereocenters. The third-order valence-electron chi connectivity index (χ3n) is 5.24. The molecule has 4 aromatic rings. The number of thioether (sulfide) groups is 1. The standard InChI is InChI=1S/C25H25N5O3S/c1-4-15-30-19-10-8-7-9-18(19)21-22(30)27-25(29-28-21)34-20(5-2)23(31)26-17-13-11-16(12-14-17)24(32)33-6-3/h4,7-14,20H,1,5-6,15H2,2-3H3,(H,26,31)/t20-/m1/s1. The van der Waals surface area contributed by atoms with Crippen LogP contribution in [-0.2, 0) is 16.1 Å². The second-order valence-corrected chi connectivity index (χ2v) is 8.65. The van der Waals surface area contributed by atoms with Gasteiger partial charge in [-0.3, -0.25) is 4.79 Å². The molecule has 0 saturated carbocycles. The van der Waals surface area contributed by atoms with Crippen LogP contribution in [0.5, 0.6) is 0 Å². The molecule has 4 rings (SSSR count). The van der Waals surface area contributed by atoms with Gasteiger partial charge in [0.2, 0.25) is 11.1 Å². The van der Waals surface area contributed by atoms with Gasteiger partial charge in [-0.1, -0.05) is 43.0 Å². The topological polar surface area (TPSA) is 99.0 Å². The summed E-state index contributed by atoms with van der Waals surface area (Å²) in [6.07, 6.45) is 2.39. The van der Waals surface area contributed by atoms with Gasteiger partial charge in [0, 0.05) is 17.6 Å². The van der Waals surface area contributed by atoms with Crippen LogP contribution in [0.2, 0.25) is 0 Å². The summed E-state index contributed by atoms with van der Waals surface area (Å²) in [4.78, 5) is 29.5. The highest BCUT2D eigenvalue weighted by atomic mass is 32.2. The average Bonchev–Trinajstić information content (AvgIpc) is 3.16. The first-order valence-electron chi connectivity index (χ1n) is 11.0. The number of esters is 1. The van der Waals surface area contributed by atoms with Crippen molar-refractivity contribution in [3.63, 3.8) is 0 Å². The van der Waals surface area contributed by atoms with Crippen molar-refractivity contribution in [3.8, 4) is 0 Å². The van der Waals surface area contributed by atoms with E-state index in [-0.39, 0.29) is 5.91 Å². The number of para-hydroxylation sites is 1. The number of nitrogens with zero attached hydrogens (tertiary/aromatic N) is 4. The van der Waals surface area contributed by atoms with Gasteiger partial charge >= 0.3 is 5.97 Å². The van der Waals surface area contributed by atoms with E-state index < -0.39 is 11.2 Å². The number of hydrogen-bond donors (Lipinski definition) is 1. The zero-order chi connectivity index (χ0) is 24.1. The van der Waals surface area contributed by atoms with Crippen LogP contribution < -0.4 is 5.32 Å². The van der Waals surface area contributed by atoms with Gasteiger partial charge in [-0.25, -0.2) is 9.78 Å². The summed E-state index contributed by atoms with van der Waals surface area (Å²) in [6.45, 7) is 8.44. The number of ether oxygens (including phenoxy) is 1. The maximum Gasteiger partial charge on any atom is 0.338 e. The van der Waals surface area contributed by atoms with Crippen LogP contribution in [0.25, 0.3) is 22.1 Å². The van der Waals surface area contributed by atoms with Crippen molar-refractivity contribution in [2.45, 2.75) is 37.2 Å². The molecule has 0 spiro atoms. The van der Waals surface area contributed by atoms with Crippen molar-refractivity contribution < 1.29 is 14.3 Å². The van der Waals surface area contributed by atoms with E-state index in [1.54, 1.807) is 31.2 Å². The molecule has 8 nitrogen and oxygen atoms in total. The highest BCUT2D eigenvalue weighted by Gasteiger charge is 2.22. The van der Waals surface area contributed by atoms with Crippen LogP contribution in [0.3, 0.4) is 0 Å². The van der Waals surface area contributed by atoms with Crippen molar-refractivity contribution in [1.82, 2.24) is 19.7 Å². The summed E-state index contributed by atoms with van der Waals surface area (Å²) in [7, 11) is 0. The Hall–Kier alpha value is -3.72. The molecule has 0 fully saturated rings. The van der Waals surface area contributed by atoms with Gasteiger partial charge in [-0.15, -0.1) is 16.8 Å². The predicted molar refractivity (Wildman–Crippen MR) is 134 cm³/mol. The quantitative estimate of drug-likeness (QED) is 0.210. The second-order valence-electron chi connectivity index (χ2n) is 7.48. The Bertz CT molecular complexity index is 1350. The number of carbonyl (C=O) groups is 2. The summed E-state index contributed by atoms with van der Waals surface area (Å²) >= 11 is 1.27. The number of allylic oxidation sites excluding steroid dienone is 1. The number of nitrogens with one attached hydrogen (secondary N) is 1. The molecule has 0 aliphatic carbocycles. The van der Waals surface area contributed by atoms with Crippen LogP contribution in [-0.4, -0.2) is 43.5 Å². The highest BCUT2D eigenvalue weighted by molar-refractivity contribution is 8.00. The van der Waals surface area contributed by atoms with Gasteiger partial charge in [-0.2, -0.15) is 0 Å². The van der Waals surface area contributed by atoms with Crippen molar-refractivity contribution in [2.75, 3.05) is 11.9 Å². The summed E-state index contributed by atoms with van der Waals surface area (Å²) in [6, 6.07) is 14.6. The number of aromatic nitrogens is 4. The van der Waals surface area contributed by atoms with Crippen molar-refractivity contribution in [2.24, 2.45) is 0 Å². The highest BCUT2D eigenvalue weighted by Crippen LogP contribution is 2.29. The minimum atomic E-state index is -0.416. The lowest BCUT2D eigenvalue weighted by atomic mass is 10.2. The molecule has 9 heteroatoms. The molecule has 174 valence electrons. The second kappa shape index (κ2) is 10.5. The van der Waals surface area contributed by atoms with E-state index in [2.05, 4.69) is 22.1 Å². The SMILES string of the molecule is C=CCn1c2ccccc2c2nnc(S[C@H](CC)C(=O)Nc3ccc(C(=O)OCC)cc3)nc21. The maximum absolute atomic E-state index is 12.9. The number of carbonyl (C=O) groups excluding carboxylic acids is 2. The van der Waals surface area contributed by atoms with E-state index in [0.29, 0.717) is 41.6 Å². The van der Waals surface area contributed by atoms with Crippen molar-refractivity contribution in [1.29, 1.82) is 0 Å². The lowest BCUT2D eigenvalue weighted by molar-refractivity contribution is -0.115. The monoisotopic (exact) mass is 475 g/mol. The molecule has 1 atom stereocenters. The fourth-order valence-electron chi connectivity index (χ4n) is 3.63. The number of anilines is 1. The number of rotatable bonds is 9. The van der Waals surface area contributed by atoms with Gasteiger partial charge in [0.15, 0.2) is 5.65 Å². The smallest absolute Gasteiger partial charge is 0.338 e. The molecule has 2 aromatic heterocycles. The van der Waals surface area contributed by atoms with Crippen LogP contribution in [0, 0.1) is 0 Å². The van der Waals surface area contributed by atoms with Crippen LogP contribution in [0.1, 0.15) is 30.6 Å². The maximum atomic E-state index is 12.9. The summed E-state index contributed by atoms with van der Waals surface area (Å²) in [5.41, 5.74) is 3.48. The minimum absolute atomic E-state index is 0.174. The van der Waals surface area contributed by atoms with Crippen molar-refractivity contribution >= 4 is 51.4 Å². The van der Waals surface area contributed by atoms with Gasteiger partial charge < -0.3 is 14.6 Å². The fraction of sp³-hybridized carbons (Fsp3) is 0.240. The third kappa shape index (κ3) is 4.79. The Balaban J connectivity index is 1.53. The minimum Gasteiger partial charge on any atom is -0.462 e. The molecule has 1 amide bonds. The van der Waals surface area contributed by atoms with Crippen LogP contribution in [0.4, 0.5) is 5.69 Å². The molecule has 0 aliphatic rings. The molecule has 34 heavy (non-hydrogen) atoms. The summed E-state index contributed by atoms with van der Waals surface area (Å²) in [5.74, 6) is -0.567. The van der Waals surface area contributed by atoms with E-state index >= 15 is 0 Å². The molecular weight excluding hydrogens is 450 g/mol. The van der Waals surface area contributed by atoms with Crippen LogP contribution in [0.15, 0.2) is 66.3 Å². The summed E-state index contributed by atoms with van der Waals surface area (Å²) < 4.78 is 7.03. The molecular formula is C25H25N5O3S.